The Kier molecular flexibility index (Phi) is 3.06. The van der Waals surface area contributed by atoms with E-state index in [2.05, 4.69) is 40.5 Å². The summed E-state index contributed by atoms with van der Waals surface area (Å²) in [4.78, 5) is 11.6. The number of hydrogen-bond donors (Lipinski definition) is 0. The monoisotopic (exact) mass is 219 g/mol. The Bertz CT molecular complexity index is 383. The van der Waals surface area contributed by atoms with Crippen LogP contribution in [-0.2, 0) is 0 Å². The van der Waals surface area contributed by atoms with Crippen LogP contribution in [0, 0.1) is 0 Å². The van der Waals surface area contributed by atoms with Crippen molar-refractivity contribution < 1.29 is 0 Å². The van der Waals surface area contributed by atoms with Gasteiger partial charge in [0.1, 0.15) is 12.5 Å². The molecule has 0 fully saturated rings. The zero-order chi connectivity index (χ0) is 10.7. The number of nitrogens with zero attached hydrogens (tertiary/aromatic N) is 3. The molecule has 4 heteroatoms. The van der Waals surface area contributed by atoms with Gasteiger partial charge in [0.05, 0.1) is 6.34 Å². The Balaban J connectivity index is 2.22. The first-order chi connectivity index (χ1) is 7.31. The average Bonchev–Trinajstić information content (AvgIpc) is 2.30. The van der Waals surface area contributed by atoms with Crippen LogP contribution in [0.15, 0.2) is 39.1 Å². The molecule has 1 unspecified atom stereocenters. The molecule has 0 bridgehead atoms. The fraction of sp³-hybridized carbons (Fsp3) is 0.273. The zero-order valence-corrected chi connectivity index (χ0v) is 9.61. The van der Waals surface area contributed by atoms with Gasteiger partial charge in [-0.15, -0.1) is 11.8 Å². The molecule has 78 valence electrons. The summed E-state index contributed by atoms with van der Waals surface area (Å²) in [6.45, 7) is 2.05. The van der Waals surface area contributed by atoms with Crippen LogP contribution in [0.1, 0.15) is 6.92 Å². The number of aliphatic imine (C=N–C) groups is 2. The van der Waals surface area contributed by atoms with Gasteiger partial charge in [0.2, 0.25) is 0 Å². The maximum atomic E-state index is 4.23. The summed E-state index contributed by atoms with van der Waals surface area (Å²) in [5.74, 6) is 0. The van der Waals surface area contributed by atoms with Crippen LogP contribution in [-0.4, -0.2) is 25.1 Å². The third kappa shape index (κ3) is 2.21. The summed E-state index contributed by atoms with van der Waals surface area (Å²) in [5, 5.41) is 0. The molecule has 1 heterocycles. The largest absolute Gasteiger partial charge is 0.310 e. The lowest BCUT2D eigenvalue weighted by atomic mass is 10.3. The summed E-state index contributed by atoms with van der Waals surface area (Å²) >= 11 is 1.74. The van der Waals surface area contributed by atoms with Gasteiger partial charge in [0, 0.05) is 10.6 Å². The van der Waals surface area contributed by atoms with Gasteiger partial charge in [-0.25, -0.2) is 9.98 Å². The Morgan fingerprint density at radius 1 is 1.27 bits per heavy atom. The highest BCUT2D eigenvalue weighted by molar-refractivity contribution is 7.98. The first kappa shape index (κ1) is 10.2. The molecule has 0 saturated carbocycles. The van der Waals surface area contributed by atoms with E-state index in [4.69, 9.17) is 0 Å². The highest BCUT2D eigenvalue weighted by Crippen LogP contribution is 2.22. The fourth-order valence-electron chi connectivity index (χ4n) is 1.44. The Labute approximate surface area is 93.9 Å². The van der Waals surface area contributed by atoms with Gasteiger partial charge >= 0.3 is 0 Å². The second kappa shape index (κ2) is 4.49. The molecule has 2 rings (SSSR count). The third-order valence-electron chi connectivity index (χ3n) is 2.31. The molecule has 0 radical (unpaired) electrons. The molecular weight excluding hydrogens is 206 g/mol. The number of benzene rings is 1. The van der Waals surface area contributed by atoms with Gasteiger partial charge in [-0.05, 0) is 37.4 Å². The molecule has 15 heavy (non-hydrogen) atoms. The van der Waals surface area contributed by atoms with Crippen molar-refractivity contribution in [3.05, 3.63) is 24.3 Å². The zero-order valence-electron chi connectivity index (χ0n) is 8.79. The molecule has 0 saturated heterocycles. The van der Waals surface area contributed by atoms with E-state index in [0.29, 0.717) is 0 Å². The first-order valence-corrected chi connectivity index (χ1v) is 6.01. The normalized spacial score (nSPS) is 19.6. The van der Waals surface area contributed by atoms with Crippen molar-refractivity contribution in [1.29, 1.82) is 0 Å². The predicted octanol–water partition coefficient (Wildman–Crippen LogP) is 2.63. The Hall–Kier alpha value is -1.29. The summed E-state index contributed by atoms with van der Waals surface area (Å²) in [6, 6.07) is 8.40. The summed E-state index contributed by atoms with van der Waals surface area (Å²) in [7, 11) is 0. The molecule has 0 aliphatic carbocycles. The maximum Gasteiger partial charge on any atom is 0.125 e. The molecule has 1 aromatic rings. The minimum Gasteiger partial charge on any atom is -0.310 e. The predicted molar refractivity (Wildman–Crippen MR) is 67.1 cm³/mol. The van der Waals surface area contributed by atoms with E-state index in [1.54, 1.807) is 18.1 Å². The highest BCUT2D eigenvalue weighted by atomic mass is 32.2. The van der Waals surface area contributed by atoms with Gasteiger partial charge in [0.15, 0.2) is 0 Å². The minimum absolute atomic E-state index is 0.127. The van der Waals surface area contributed by atoms with Crippen molar-refractivity contribution in [2.75, 3.05) is 11.2 Å². The van der Waals surface area contributed by atoms with E-state index in [0.717, 1.165) is 5.69 Å². The van der Waals surface area contributed by atoms with Crippen molar-refractivity contribution >= 4 is 30.1 Å². The van der Waals surface area contributed by atoms with E-state index >= 15 is 0 Å². The molecular formula is C11H13N3S. The van der Waals surface area contributed by atoms with Gasteiger partial charge in [-0.1, -0.05) is 0 Å². The smallest absolute Gasteiger partial charge is 0.125 e. The van der Waals surface area contributed by atoms with Crippen LogP contribution >= 0.6 is 11.8 Å². The van der Waals surface area contributed by atoms with Crippen LogP contribution in [0.4, 0.5) is 5.69 Å². The van der Waals surface area contributed by atoms with Crippen molar-refractivity contribution in [2.45, 2.75) is 18.0 Å². The van der Waals surface area contributed by atoms with E-state index in [1.165, 1.54) is 4.90 Å². The second-order valence-corrected chi connectivity index (χ2v) is 4.15. The number of anilines is 1. The lowest BCUT2D eigenvalue weighted by Gasteiger charge is -2.25. The summed E-state index contributed by atoms with van der Waals surface area (Å²) in [5.41, 5.74) is 1.13. The van der Waals surface area contributed by atoms with Crippen LogP contribution in [0.3, 0.4) is 0 Å². The Morgan fingerprint density at radius 2 is 2.00 bits per heavy atom. The first-order valence-electron chi connectivity index (χ1n) is 4.78. The maximum absolute atomic E-state index is 4.23. The molecule has 0 N–H and O–H groups in total. The van der Waals surface area contributed by atoms with Crippen LogP contribution in [0.5, 0.6) is 0 Å². The molecule has 1 atom stereocenters. The van der Waals surface area contributed by atoms with Crippen LogP contribution in [0.2, 0.25) is 0 Å². The van der Waals surface area contributed by atoms with Crippen LogP contribution in [0.25, 0.3) is 0 Å². The van der Waals surface area contributed by atoms with Crippen LogP contribution < -0.4 is 4.90 Å². The highest BCUT2D eigenvalue weighted by Gasteiger charge is 2.12. The number of hydrogen-bond acceptors (Lipinski definition) is 4. The van der Waals surface area contributed by atoms with E-state index in [9.17, 15) is 0 Å². The number of rotatable bonds is 2. The Morgan fingerprint density at radius 3 is 2.60 bits per heavy atom. The lowest BCUT2D eigenvalue weighted by Crippen LogP contribution is -2.32. The van der Waals surface area contributed by atoms with Gasteiger partial charge in [0.25, 0.3) is 0 Å². The summed E-state index contributed by atoms with van der Waals surface area (Å²) < 4.78 is 0. The summed E-state index contributed by atoms with van der Waals surface area (Å²) in [6.07, 6.45) is 5.61. The van der Waals surface area contributed by atoms with Gasteiger partial charge in [-0.2, -0.15) is 0 Å². The van der Waals surface area contributed by atoms with Crippen molar-refractivity contribution in [1.82, 2.24) is 0 Å². The van der Waals surface area contributed by atoms with Crippen molar-refractivity contribution in [2.24, 2.45) is 9.98 Å². The van der Waals surface area contributed by atoms with E-state index in [-0.39, 0.29) is 6.17 Å². The molecule has 0 amide bonds. The molecule has 3 nitrogen and oxygen atoms in total. The molecule has 0 aromatic heterocycles. The fourth-order valence-corrected chi connectivity index (χ4v) is 1.85. The average molecular weight is 219 g/mol. The quantitative estimate of drug-likeness (QED) is 0.715. The number of thioether (sulfide) groups is 1. The third-order valence-corrected chi connectivity index (χ3v) is 3.06. The molecule has 0 spiro atoms. The van der Waals surface area contributed by atoms with E-state index < -0.39 is 0 Å². The molecule has 1 aliphatic heterocycles. The minimum atomic E-state index is 0.127. The topological polar surface area (TPSA) is 28.0 Å². The van der Waals surface area contributed by atoms with Gasteiger partial charge < -0.3 is 4.90 Å². The van der Waals surface area contributed by atoms with Gasteiger partial charge in [-0.3, -0.25) is 0 Å². The standard InChI is InChI=1S/C11H13N3S/c1-9-13-7-12-8-14(9)10-3-5-11(15-2)6-4-10/h3-9H,1-2H3. The van der Waals surface area contributed by atoms with E-state index in [1.807, 2.05) is 18.2 Å². The second-order valence-electron chi connectivity index (χ2n) is 3.27. The van der Waals surface area contributed by atoms with Crippen molar-refractivity contribution in [3.8, 4) is 0 Å². The lowest BCUT2D eigenvalue weighted by molar-refractivity contribution is 0.772. The molecule has 1 aliphatic rings. The SMILES string of the molecule is CSc1ccc(N2C=NC=NC2C)cc1. The molecule has 1 aromatic carbocycles. The van der Waals surface area contributed by atoms with Crippen molar-refractivity contribution in [3.63, 3.8) is 0 Å².